The van der Waals surface area contributed by atoms with E-state index in [9.17, 15) is 9.59 Å². The zero-order chi connectivity index (χ0) is 18.6. The van der Waals surface area contributed by atoms with E-state index in [4.69, 9.17) is 4.42 Å². The SMILES string of the molecule is O=C(NC1CC1)C1CCCN(C2CCN(C(=O)CCc3ccco3)CC2)C1. The van der Waals surface area contributed by atoms with E-state index in [1.807, 2.05) is 17.0 Å². The summed E-state index contributed by atoms with van der Waals surface area (Å²) in [5, 5.41) is 3.17. The lowest BCUT2D eigenvalue weighted by molar-refractivity contribution is -0.133. The van der Waals surface area contributed by atoms with Gasteiger partial charge in [-0.05, 0) is 57.2 Å². The lowest BCUT2D eigenvalue weighted by Gasteiger charge is -2.42. The summed E-state index contributed by atoms with van der Waals surface area (Å²) in [5.74, 6) is 1.51. The highest BCUT2D eigenvalue weighted by Crippen LogP contribution is 2.26. The topological polar surface area (TPSA) is 65.8 Å². The molecule has 0 spiro atoms. The molecule has 1 aromatic rings. The second-order valence-electron chi connectivity index (χ2n) is 8.31. The maximum Gasteiger partial charge on any atom is 0.224 e. The fraction of sp³-hybridized carbons (Fsp3) is 0.714. The van der Waals surface area contributed by atoms with Gasteiger partial charge in [0.2, 0.25) is 11.8 Å². The Morgan fingerprint density at radius 2 is 1.93 bits per heavy atom. The number of likely N-dealkylation sites (tertiary alicyclic amines) is 2. The van der Waals surface area contributed by atoms with Crippen LogP contribution in [0.25, 0.3) is 0 Å². The van der Waals surface area contributed by atoms with Crippen LogP contribution >= 0.6 is 0 Å². The largest absolute Gasteiger partial charge is 0.469 e. The molecule has 1 N–H and O–H groups in total. The first-order chi connectivity index (χ1) is 13.2. The van der Waals surface area contributed by atoms with Crippen LogP contribution in [0.2, 0.25) is 0 Å². The number of carbonyl (C=O) groups is 2. The molecule has 3 fully saturated rings. The van der Waals surface area contributed by atoms with Gasteiger partial charge in [0.15, 0.2) is 0 Å². The highest BCUT2D eigenvalue weighted by molar-refractivity contribution is 5.79. The van der Waals surface area contributed by atoms with E-state index in [1.54, 1.807) is 6.26 Å². The molecule has 148 valence electrons. The summed E-state index contributed by atoms with van der Waals surface area (Å²) in [6.45, 7) is 3.63. The summed E-state index contributed by atoms with van der Waals surface area (Å²) in [6, 6.07) is 4.74. The Balaban J connectivity index is 1.21. The number of piperidine rings is 2. The number of nitrogens with zero attached hydrogens (tertiary/aromatic N) is 2. The molecule has 27 heavy (non-hydrogen) atoms. The third-order valence-electron chi connectivity index (χ3n) is 6.25. The molecule has 4 rings (SSSR count). The molecular formula is C21H31N3O3. The van der Waals surface area contributed by atoms with E-state index in [0.29, 0.717) is 24.9 Å². The van der Waals surface area contributed by atoms with Gasteiger partial charge in [0.05, 0.1) is 12.2 Å². The monoisotopic (exact) mass is 373 g/mol. The molecule has 1 aliphatic carbocycles. The predicted octanol–water partition coefficient (Wildman–Crippen LogP) is 2.19. The number of carbonyl (C=O) groups excluding carboxylic acids is 2. The molecule has 0 bridgehead atoms. The van der Waals surface area contributed by atoms with E-state index in [2.05, 4.69) is 10.2 Å². The number of aryl methyl sites for hydroxylation is 1. The molecule has 0 radical (unpaired) electrons. The van der Waals surface area contributed by atoms with E-state index in [-0.39, 0.29) is 17.7 Å². The van der Waals surface area contributed by atoms with Gasteiger partial charge >= 0.3 is 0 Å². The highest BCUT2D eigenvalue weighted by Gasteiger charge is 2.34. The van der Waals surface area contributed by atoms with Crippen LogP contribution in [0, 0.1) is 5.92 Å². The van der Waals surface area contributed by atoms with Gasteiger partial charge in [0.25, 0.3) is 0 Å². The Morgan fingerprint density at radius 3 is 2.63 bits per heavy atom. The molecule has 1 saturated carbocycles. The van der Waals surface area contributed by atoms with Gasteiger partial charge in [-0.25, -0.2) is 0 Å². The molecule has 2 aliphatic heterocycles. The number of amides is 2. The summed E-state index contributed by atoms with van der Waals surface area (Å²) in [7, 11) is 0. The van der Waals surface area contributed by atoms with Crippen LogP contribution in [0.1, 0.15) is 50.7 Å². The van der Waals surface area contributed by atoms with Crippen molar-refractivity contribution < 1.29 is 14.0 Å². The van der Waals surface area contributed by atoms with Gasteiger partial charge in [-0.3, -0.25) is 14.5 Å². The average molecular weight is 373 g/mol. The molecule has 0 aromatic carbocycles. The van der Waals surface area contributed by atoms with Gasteiger partial charge in [-0.2, -0.15) is 0 Å². The predicted molar refractivity (Wildman–Crippen MR) is 102 cm³/mol. The third kappa shape index (κ3) is 4.92. The normalized spacial score (nSPS) is 24.7. The third-order valence-corrected chi connectivity index (χ3v) is 6.25. The molecule has 1 unspecified atom stereocenters. The molecular weight excluding hydrogens is 342 g/mol. The van der Waals surface area contributed by atoms with Crippen molar-refractivity contribution in [2.45, 2.75) is 63.5 Å². The molecule has 3 aliphatic rings. The minimum atomic E-state index is 0.146. The molecule has 2 amide bonds. The Kier molecular flexibility index (Phi) is 5.81. The fourth-order valence-corrected chi connectivity index (χ4v) is 4.42. The number of hydrogen-bond acceptors (Lipinski definition) is 4. The molecule has 2 saturated heterocycles. The van der Waals surface area contributed by atoms with Crippen molar-refractivity contribution in [3.8, 4) is 0 Å². The first kappa shape index (κ1) is 18.5. The van der Waals surface area contributed by atoms with Gasteiger partial charge in [-0.1, -0.05) is 0 Å². The molecule has 6 heteroatoms. The van der Waals surface area contributed by atoms with E-state index in [1.165, 1.54) is 0 Å². The van der Waals surface area contributed by atoms with E-state index >= 15 is 0 Å². The van der Waals surface area contributed by atoms with Crippen LogP contribution in [0.5, 0.6) is 0 Å². The Hall–Kier alpha value is -1.82. The Bertz CT molecular complexity index is 633. The number of rotatable bonds is 6. The van der Waals surface area contributed by atoms with Gasteiger partial charge in [-0.15, -0.1) is 0 Å². The Labute approximate surface area is 161 Å². The molecule has 1 atom stereocenters. The van der Waals surface area contributed by atoms with Crippen LogP contribution in [0.15, 0.2) is 22.8 Å². The number of nitrogens with one attached hydrogen (secondary N) is 1. The summed E-state index contributed by atoms with van der Waals surface area (Å²) < 4.78 is 5.31. The second kappa shape index (κ2) is 8.46. The minimum absolute atomic E-state index is 0.146. The van der Waals surface area contributed by atoms with Crippen LogP contribution in [-0.2, 0) is 16.0 Å². The van der Waals surface area contributed by atoms with Crippen molar-refractivity contribution in [3.63, 3.8) is 0 Å². The van der Waals surface area contributed by atoms with Crippen molar-refractivity contribution in [2.75, 3.05) is 26.2 Å². The van der Waals surface area contributed by atoms with E-state index < -0.39 is 0 Å². The summed E-state index contributed by atoms with van der Waals surface area (Å²) in [6.07, 6.45) is 9.30. The van der Waals surface area contributed by atoms with Crippen LogP contribution in [0.3, 0.4) is 0 Å². The van der Waals surface area contributed by atoms with Crippen molar-refractivity contribution in [1.82, 2.24) is 15.1 Å². The van der Waals surface area contributed by atoms with Crippen molar-refractivity contribution in [1.29, 1.82) is 0 Å². The van der Waals surface area contributed by atoms with Crippen LogP contribution < -0.4 is 5.32 Å². The second-order valence-corrected chi connectivity index (χ2v) is 8.31. The number of furan rings is 1. The standard InChI is InChI=1S/C21H31N3O3/c25-20(8-7-19-4-2-14-27-19)23-12-9-18(10-13-23)24-11-1-3-16(15-24)21(26)22-17-5-6-17/h2,4,14,16-18H,1,3,5-13,15H2,(H,22,26). The van der Waals surface area contributed by atoms with Gasteiger partial charge in [0, 0.05) is 44.6 Å². The maximum atomic E-state index is 12.4. The first-order valence-electron chi connectivity index (χ1n) is 10.5. The first-order valence-corrected chi connectivity index (χ1v) is 10.5. The summed E-state index contributed by atoms with van der Waals surface area (Å²) in [5.41, 5.74) is 0. The summed E-state index contributed by atoms with van der Waals surface area (Å²) >= 11 is 0. The van der Waals surface area contributed by atoms with Gasteiger partial charge in [0.1, 0.15) is 5.76 Å². The van der Waals surface area contributed by atoms with E-state index in [0.717, 1.165) is 70.5 Å². The highest BCUT2D eigenvalue weighted by atomic mass is 16.3. The zero-order valence-electron chi connectivity index (χ0n) is 16.1. The summed E-state index contributed by atoms with van der Waals surface area (Å²) in [4.78, 5) is 29.3. The number of hydrogen-bond donors (Lipinski definition) is 1. The molecule has 3 heterocycles. The van der Waals surface area contributed by atoms with Crippen molar-refractivity contribution >= 4 is 11.8 Å². The lowest BCUT2D eigenvalue weighted by atomic mass is 9.93. The quantitative estimate of drug-likeness (QED) is 0.830. The van der Waals surface area contributed by atoms with Crippen LogP contribution in [-0.4, -0.2) is 59.9 Å². The fourth-order valence-electron chi connectivity index (χ4n) is 4.42. The molecule has 6 nitrogen and oxygen atoms in total. The Morgan fingerprint density at radius 1 is 1.11 bits per heavy atom. The van der Waals surface area contributed by atoms with Gasteiger partial charge < -0.3 is 14.6 Å². The van der Waals surface area contributed by atoms with Crippen molar-refractivity contribution in [3.05, 3.63) is 24.2 Å². The van der Waals surface area contributed by atoms with Crippen molar-refractivity contribution in [2.24, 2.45) is 5.92 Å². The minimum Gasteiger partial charge on any atom is -0.469 e. The smallest absolute Gasteiger partial charge is 0.224 e. The zero-order valence-corrected chi connectivity index (χ0v) is 16.1. The molecule has 1 aromatic heterocycles. The average Bonchev–Trinajstić information content (AvgIpc) is 3.37. The van der Waals surface area contributed by atoms with Crippen LogP contribution in [0.4, 0.5) is 0 Å². The lowest BCUT2D eigenvalue weighted by Crippen LogP contribution is -2.51. The maximum absolute atomic E-state index is 12.4.